The van der Waals surface area contributed by atoms with Gasteiger partial charge in [-0.3, -0.25) is 19.2 Å². The van der Waals surface area contributed by atoms with Gasteiger partial charge in [0.05, 0.1) is 12.2 Å². The quantitative estimate of drug-likeness (QED) is 0.453. The van der Waals surface area contributed by atoms with Gasteiger partial charge >= 0.3 is 23.9 Å². The topological polar surface area (TPSA) is 146 Å². The van der Waals surface area contributed by atoms with Gasteiger partial charge in [0.1, 0.15) is 12.2 Å². The molecule has 10 heteroatoms. The number of hydrogen-bond acceptors (Lipinski definition) is 10. The van der Waals surface area contributed by atoms with Crippen LogP contribution in [0.2, 0.25) is 0 Å². The van der Waals surface area contributed by atoms with Crippen LogP contribution in [-0.4, -0.2) is 70.7 Å². The van der Waals surface area contributed by atoms with Crippen molar-refractivity contribution in [2.24, 2.45) is 23.7 Å². The number of carbonyl (C=O) groups excluding carboxylic acids is 4. The lowest BCUT2D eigenvalue weighted by Crippen LogP contribution is -2.71. The number of fused-ring (bicyclic) bond motifs is 2. The Labute approximate surface area is 173 Å². The lowest BCUT2D eigenvalue weighted by Gasteiger charge is -2.60. The number of ether oxygens (including phenoxy) is 4. The maximum absolute atomic E-state index is 11.9. The molecule has 0 saturated heterocycles. The second-order valence-corrected chi connectivity index (χ2v) is 8.34. The Hall–Kier alpha value is -2.20. The maximum atomic E-state index is 11.9. The third kappa shape index (κ3) is 4.02. The molecule has 0 aromatic heterocycles. The van der Waals surface area contributed by atoms with Gasteiger partial charge in [0, 0.05) is 39.5 Å². The highest BCUT2D eigenvalue weighted by Crippen LogP contribution is 2.56. The Morgan fingerprint density at radius 3 is 1.10 bits per heavy atom. The van der Waals surface area contributed by atoms with E-state index in [1.807, 2.05) is 0 Å². The molecule has 0 radical (unpaired) electrons. The first-order chi connectivity index (χ1) is 14.0. The molecular formula is C20H28O10. The van der Waals surface area contributed by atoms with Gasteiger partial charge in [-0.05, 0) is 24.7 Å². The standard InChI is InChI=1S/C20H28O10/c1-7(21)27-17-13-11-5-6-12(16(26)15(11)25)14(13)18(28-8(2)22)20(30-10(4)24)19(17)29-9(3)23/h11-20,25-26H,5-6H2,1-4H3. The Balaban J connectivity index is 2.13. The van der Waals surface area contributed by atoms with Crippen LogP contribution in [0.3, 0.4) is 0 Å². The van der Waals surface area contributed by atoms with Crippen molar-refractivity contribution in [1.29, 1.82) is 0 Å². The van der Waals surface area contributed by atoms with E-state index < -0.39 is 84.2 Å². The van der Waals surface area contributed by atoms with E-state index in [2.05, 4.69) is 0 Å². The smallest absolute Gasteiger partial charge is 0.303 e. The molecule has 4 rings (SSSR count). The highest BCUT2D eigenvalue weighted by Gasteiger charge is 2.66. The number of aliphatic hydroxyl groups is 2. The Morgan fingerprint density at radius 1 is 0.567 bits per heavy atom. The van der Waals surface area contributed by atoms with Crippen molar-refractivity contribution in [3.8, 4) is 0 Å². The normalized spacial score (nSPS) is 41.9. The van der Waals surface area contributed by atoms with Crippen LogP contribution in [0.4, 0.5) is 0 Å². The van der Waals surface area contributed by atoms with E-state index in [9.17, 15) is 29.4 Å². The van der Waals surface area contributed by atoms with Gasteiger partial charge in [0.2, 0.25) is 0 Å². The van der Waals surface area contributed by atoms with Crippen LogP contribution in [-0.2, 0) is 38.1 Å². The first kappa shape index (κ1) is 22.5. The van der Waals surface area contributed by atoms with Crippen molar-refractivity contribution in [2.45, 2.75) is 77.2 Å². The molecule has 0 aromatic carbocycles. The van der Waals surface area contributed by atoms with E-state index in [0.717, 1.165) is 13.8 Å². The van der Waals surface area contributed by atoms with Crippen molar-refractivity contribution in [3.05, 3.63) is 0 Å². The van der Waals surface area contributed by atoms with Crippen LogP contribution in [0.25, 0.3) is 0 Å². The van der Waals surface area contributed by atoms with E-state index in [0.29, 0.717) is 12.8 Å². The van der Waals surface area contributed by atoms with Gasteiger partial charge in [-0.15, -0.1) is 0 Å². The monoisotopic (exact) mass is 428 g/mol. The SMILES string of the molecule is CC(=O)OC1C(OC(C)=O)C(OC(C)=O)C2C3CCC(C(O)C3O)C2C1OC(C)=O. The molecule has 0 spiro atoms. The summed E-state index contributed by atoms with van der Waals surface area (Å²) in [6.45, 7) is 4.72. The van der Waals surface area contributed by atoms with Crippen LogP contribution in [0.5, 0.6) is 0 Å². The highest BCUT2D eigenvalue weighted by molar-refractivity contribution is 5.69. The Morgan fingerprint density at radius 2 is 0.833 bits per heavy atom. The number of rotatable bonds is 4. The molecule has 10 atom stereocenters. The van der Waals surface area contributed by atoms with Gasteiger partial charge in [-0.2, -0.15) is 0 Å². The summed E-state index contributed by atoms with van der Waals surface area (Å²) in [4.78, 5) is 47.5. The zero-order chi connectivity index (χ0) is 22.3. The predicted octanol–water partition coefficient (Wildman–Crippen LogP) is -0.279. The van der Waals surface area contributed by atoms with E-state index in [-0.39, 0.29) is 0 Å². The largest absolute Gasteiger partial charge is 0.458 e. The first-order valence-corrected chi connectivity index (χ1v) is 10.1. The number of aliphatic hydroxyl groups excluding tert-OH is 2. The lowest BCUT2D eigenvalue weighted by atomic mass is 9.50. The van der Waals surface area contributed by atoms with Crippen molar-refractivity contribution in [3.63, 3.8) is 0 Å². The summed E-state index contributed by atoms with van der Waals surface area (Å²) in [5.41, 5.74) is 0. The molecule has 168 valence electrons. The van der Waals surface area contributed by atoms with Crippen molar-refractivity contribution >= 4 is 23.9 Å². The fraction of sp³-hybridized carbons (Fsp3) is 0.800. The summed E-state index contributed by atoms with van der Waals surface area (Å²) in [5.74, 6) is -4.76. The maximum Gasteiger partial charge on any atom is 0.303 e. The lowest BCUT2D eigenvalue weighted by molar-refractivity contribution is -0.278. The van der Waals surface area contributed by atoms with Gasteiger partial charge < -0.3 is 29.2 Å². The molecule has 4 aliphatic rings. The molecule has 4 saturated carbocycles. The van der Waals surface area contributed by atoms with Gasteiger partial charge in [-0.25, -0.2) is 0 Å². The van der Waals surface area contributed by atoms with Crippen LogP contribution >= 0.6 is 0 Å². The average molecular weight is 428 g/mol. The first-order valence-electron chi connectivity index (χ1n) is 10.1. The second kappa shape index (κ2) is 8.50. The third-order valence-electron chi connectivity index (χ3n) is 6.43. The highest BCUT2D eigenvalue weighted by atomic mass is 16.6. The van der Waals surface area contributed by atoms with Crippen LogP contribution < -0.4 is 0 Å². The fourth-order valence-electron chi connectivity index (χ4n) is 5.71. The summed E-state index contributed by atoms with van der Waals surface area (Å²) < 4.78 is 21.9. The Bertz CT molecular complexity index is 660. The summed E-state index contributed by atoms with van der Waals surface area (Å²) in [6, 6.07) is 0. The second-order valence-electron chi connectivity index (χ2n) is 8.34. The zero-order valence-corrected chi connectivity index (χ0v) is 17.3. The van der Waals surface area contributed by atoms with Gasteiger partial charge in [0.25, 0.3) is 0 Å². The van der Waals surface area contributed by atoms with Gasteiger partial charge in [-0.1, -0.05) is 0 Å². The molecule has 0 heterocycles. The number of esters is 4. The fourth-order valence-corrected chi connectivity index (χ4v) is 5.71. The number of hydrogen-bond donors (Lipinski definition) is 2. The molecule has 0 amide bonds. The zero-order valence-electron chi connectivity index (χ0n) is 17.3. The minimum Gasteiger partial charge on any atom is -0.458 e. The van der Waals surface area contributed by atoms with Gasteiger partial charge in [0.15, 0.2) is 12.2 Å². The molecule has 4 aliphatic carbocycles. The van der Waals surface area contributed by atoms with Crippen LogP contribution in [0.15, 0.2) is 0 Å². The van der Waals surface area contributed by atoms with E-state index in [4.69, 9.17) is 18.9 Å². The van der Waals surface area contributed by atoms with Crippen molar-refractivity contribution < 1.29 is 48.3 Å². The molecule has 30 heavy (non-hydrogen) atoms. The molecule has 10 nitrogen and oxygen atoms in total. The number of carbonyl (C=O) groups is 4. The molecule has 2 N–H and O–H groups in total. The van der Waals surface area contributed by atoms with Crippen molar-refractivity contribution in [1.82, 2.24) is 0 Å². The molecule has 2 bridgehead atoms. The van der Waals surface area contributed by atoms with Crippen LogP contribution in [0, 0.1) is 23.7 Å². The predicted molar refractivity (Wildman–Crippen MR) is 97.4 cm³/mol. The van der Waals surface area contributed by atoms with E-state index in [1.54, 1.807) is 0 Å². The minimum absolute atomic E-state index is 0.478. The van der Waals surface area contributed by atoms with E-state index >= 15 is 0 Å². The summed E-state index contributed by atoms with van der Waals surface area (Å²) >= 11 is 0. The molecular weight excluding hydrogens is 400 g/mol. The summed E-state index contributed by atoms with van der Waals surface area (Å²) in [6.07, 6.45) is -5.56. The van der Waals surface area contributed by atoms with E-state index in [1.165, 1.54) is 13.8 Å². The summed E-state index contributed by atoms with van der Waals surface area (Å²) in [7, 11) is 0. The Kier molecular flexibility index (Phi) is 6.37. The average Bonchev–Trinajstić information content (AvgIpc) is 2.62. The third-order valence-corrected chi connectivity index (χ3v) is 6.43. The molecule has 0 aromatic rings. The minimum atomic E-state index is -1.23. The van der Waals surface area contributed by atoms with Crippen LogP contribution in [0.1, 0.15) is 40.5 Å². The molecule has 0 aliphatic heterocycles. The van der Waals surface area contributed by atoms with Crippen molar-refractivity contribution in [2.75, 3.05) is 0 Å². The summed E-state index contributed by atoms with van der Waals surface area (Å²) in [5, 5.41) is 21.2. The molecule has 4 fully saturated rings. The molecule has 10 unspecified atom stereocenters.